The highest BCUT2D eigenvalue weighted by Gasteiger charge is 2.06. The lowest BCUT2D eigenvalue weighted by atomic mass is 10.2. The van der Waals surface area contributed by atoms with Gasteiger partial charge in [0.15, 0.2) is 0 Å². The van der Waals surface area contributed by atoms with Crippen molar-refractivity contribution < 1.29 is 4.74 Å². The monoisotopic (exact) mass is 252 g/mol. The molecule has 0 aliphatic carbocycles. The van der Waals surface area contributed by atoms with Crippen LogP contribution in [0.5, 0.6) is 5.88 Å². The van der Waals surface area contributed by atoms with Gasteiger partial charge in [0.2, 0.25) is 5.88 Å². The minimum Gasteiger partial charge on any atom is -0.475 e. The van der Waals surface area contributed by atoms with E-state index >= 15 is 0 Å². The van der Waals surface area contributed by atoms with Gasteiger partial charge in [0.1, 0.15) is 12.1 Å². The van der Waals surface area contributed by atoms with Gasteiger partial charge in [-0.05, 0) is 47.8 Å². The van der Waals surface area contributed by atoms with E-state index in [1.54, 1.807) is 0 Å². The quantitative estimate of drug-likeness (QED) is 0.804. The third-order valence-corrected chi connectivity index (χ3v) is 2.40. The topological polar surface area (TPSA) is 50.3 Å². The van der Waals surface area contributed by atoms with Crippen LogP contribution >= 0.6 is 0 Å². The summed E-state index contributed by atoms with van der Waals surface area (Å²) in [6.07, 6.45) is 2.72. The lowest BCUT2D eigenvalue weighted by Gasteiger charge is -2.17. The average Bonchev–Trinajstić information content (AvgIpc) is 2.26. The summed E-state index contributed by atoms with van der Waals surface area (Å²) in [6, 6.07) is 2.21. The maximum atomic E-state index is 5.54. The third kappa shape index (κ3) is 5.82. The van der Waals surface area contributed by atoms with Crippen LogP contribution in [-0.2, 0) is 0 Å². The first-order valence-corrected chi connectivity index (χ1v) is 6.37. The number of hydrogen-bond acceptors (Lipinski definition) is 5. The standard InChI is InChI=1S/C13H24N4O/c1-10(2)18-13-8-12(14-9-15-13)16-11(3)6-7-17(4)5/h8-11H,6-7H2,1-5H3,(H,14,15,16). The summed E-state index contributed by atoms with van der Waals surface area (Å²) in [4.78, 5) is 10.4. The number of aromatic nitrogens is 2. The zero-order valence-corrected chi connectivity index (χ0v) is 12.0. The molecule has 0 saturated carbocycles. The molecule has 1 unspecified atom stereocenters. The molecule has 18 heavy (non-hydrogen) atoms. The first-order chi connectivity index (χ1) is 8.47. The van der Waals surface area contributed by atoms with Crippen LogP contribution in [0.25, 0.3) is 0 Å². The molecule has 102 valence electrons. The molecule has 1 atom stereocenters. The van der Waals surface area contributed by atoms with Gasteiger partial charge in [-0.1, -0.05) is 0 Å². The number of hydrogen-bond donors (Lipinski definition) is 1. The zero-order valence-electron chi connectivity index (χ0n) is 12.0. The Morgan fingerprint density at radius 3 is 2.61 bits per heavy atom. The van der Waals surface area contributed by atoms with Crippen molar-refractivity contribution in [3.05, 3.63) is 12.4 Å². The van der Waals surface area contributed by atoms with Gasteiger partial charge in [-0.25, -0.2) is 9.97 Å². The van der Waals surface area contributed by atoms with Gasteiger partial charge in [0.05, 0.1) is 6.10 Å². The Morgan fingerprint density at radius 1 is 1.28 bits per heavy atom. The molecule has 5 nitrogen and oxygen atoms in total. The Labute approximate surface area is 110 Å². The molecule has 0 amide bonds. The summed E-state index contributed by atoms with van der Waals surface area (Å²) >= 11 is 0. The Balaban J connectivity index is 2.50. The molecule has 0 saturated heterocycles. The highest BCUT2D eigenvalue weighted by atomic mass is 16.5. The highest BCUT2D eigenvalue weighted by Crippen LogP contribution is 2.13. The van der Waals surface area contributed by atoms with E-state index in [1.807, 2.05) is 19.9 Å². The Bertz CT molecular complexity index is 355. The lowest BCUT2D eigenvalue weighted by Crippen LogP contribution is -2.23. The Kier molecular flexibility index (Phi) is 5.85. The highest BCUT2D eigenvalue weighted by molar-refractivity contribution is 5.37. The smallest absolute Gasteiger partial charge is 0.218 e. The molecule has 1 aromatic heterocycles. The van der Waals surface area contributed by atoms with Crippen molar-refractivity contribution in [3.8, 4) is 5.88 Å². The number of nitrogens with one attached hydrogen (secondary N) is 1. The SMILES string of the molecule is CC(CCN(C)C)Nc1cc(OC(C)C)ncn1. The van der Waals surface area contributed by atoms with Crippen molar-refractivity contribution >= 4 is 5.82 Å². The van der Waals surface area contributed by atoms with Gasteiger partial charge in [0, 0.05) is 12.1 Å². The first-order valence-electron chi connectivity index (χ1n) is 6.37. The fraction of sp³-hybridized carbons (Fsp3) is 0.692. The molecule has 1 heterocycles. The van der Waals surface area contributed by atoms with Crippen LogP contribution in [0.15, 0.2) is 12.4 Å². The van der Waals surface area contributed by atoms with Gasteiger partial charge < -0.3 is 15.0 Å². The predicted molar refractivity (Wildman–Crippen MR) is 74.1 cm³/mol. The molecular formula is C13H24N4O. The minimum atomic E-state index is 0.124. The molecule has 0 aliphatic heterocycles. The van der Waals surface area contributed by atoms with Crippen LogP contribution in [0.3, 0.4) is 0 Å². The van der Waals surface area contributed by atoms with E-state index in [0.717, 1.165) is 18.8 Å². The minimum absolute atomic E-state index is 0.124. The van der Waals surface area contributed by atoms with Crippen molar-refractivity contribution in [3.63, 3.8) is 0 Å². The maximum absolute atomic E-state index is 5.54. The molecule has 0 bridgehead atoms. The van der Waals surface area contributed by atoms with Crippen molar-refractivity contribution in [1.82, 2.24) is 14.9 Å². The largest absolute Gasteiger partial charge is 0.475 e. The van der Waals surface area contributed by atoms with Crippen molar-refractivity contribution in [2.75, 3.05) is 26.0 Å². The molecule has 0 aliphatic rings. The van der Waals surface area contributed by atoms with Crippen LogP contribution < -0.4 is 10.1 Å². The first kappa shape index (κ1) is 14.7. The summed E-state index contributed by atoms with van der Waals surface area (Å²) in [5.41, 5.74) is 0. The second-order valence-corrected chi connectivity index (χ2v) is 5.05. The van der Waals surface area contributed by atoms with E-state index in [4.69, 9.17) is 4.74 Å². The Hall–Kier alpha value is -1.36. The second kappa shape index (κ2) is 7.16. The molecule has 0 aromatic carbocycles. The van der Waals surface area contributed by atoms with Crippen LogP contribution in [0.1, 0.15) is 27.2 Å². The molecule has 0 fully saturated rings. The molecule has 1 N–H and O–H groups in total. The molecule has 1 aromatic rings. The van der Waals surface area contributed by atoms with E-state index in [1.165, 1.54) is 6.33 Å². The van der Waals surface area contributed by atoms with E-state index in [2.05, 4.69) is 41.2 Å². The number of ether oxygens (including phenoxy) is 1. The van der Waals surface area contributed by atoms with Crippen LogP contribution in [0.2, 0.25) is 0 Å². The van der Waals surface area contributed by atoms with E-state index in [9.17, 15) is 0 Å². The van der Waals surface area contributed by atoms with E-state index in [-0.39, 0.29) is 6.10 Å². The maximum Gasteiger partial charge on any atom is 0.218 e. The molecule has 1 rings (SSSR count). The third-order valence-electron chi connectivity index (χ3n) is 2.40. The molecule has 0 spiro atoms. The number of nitrogens with zero attached hydrogens (tertiary/aromatic N) is 3. The predicted octanol–water partition coefficient (Wildman–Crippen LogP) is 2.02. The van der Waals surface area contributed by atoms with Crippen LogP contribution in [0, 0.1) is 0 Å². The Morgan fingerprint density at radius 2 is 2.00 bits per heavy atom. The molecule has 5 heteroatoms. The fourth-order valence-corrected chi connectivity index (χ4v) is 1.50. The van der Waals surface area contributed by atoms with Crippen LogP contribution in [0.4, 0.5) is 5.82 Å². The fourth-order valence-electron chi connectivity index (χ4n) is 1.50. The number of anilines is 1. The molecule has 0 radical (unpaired) electrons. The second-order valence-electron chi connectivity index (χ2n) is 5.05. The summed E-state index contributed by atoms with van der Waals surface area (Å²) < 4.78 is 5.54. The lowest BCUT2D eigenvalue weighted by molar-refractivity contribution is 0.232. The van der Waals surface area contributed by atoms with Crippen molar-refractivity contribution in [2.45, 2.75) is 39.3 Å². The normalized spacial score (nSPS) is 12.8. The number of rotatable bonds is 7. The van der Waals surface area contributed by atoms with E-state index in [0.29, 0.717) is 11.9 Å². The summed E-state index contributed by atoms with van der Waals surface area (Å²) in [6.45, 7) is 7.16. The van der Waals surface area contributed by atoms with Gasteiger partial charge in [0.25, 0.3) is 0 Å². The van der Waals surface area contributed by atoms with Gasteiger partial charge in [-0.15, -0.1) is 0 Å². The summed E-state index contributed by atoms with van der Waals surface area (Å²) in [7, 11) is 4.15. The van der Waals surface area contributed by atoms with Crippen molar-refractivity contribution in [2.24, 2.45) is 0 Å². The summed E-state index contributed by atoms with van der Waals surface area (Å²) in [5, 5.41) is 3.35. The average molecular weight is 252 g/mol. The molecular weight excluding hydrogens is 228 g/mol. The van der Waals surface area contributed by atoms with Gasteiger partial charge >= 0.3 is 0 Å². The van der Waals surface area contributed by atoms with Gasteiger partial charge in [-0.2, -0.15) is 0 Å². The summed E-state index contributed by atoms with van der Waals surface area (Å²) in [5.74, 6) is 1.43. The van der Waals surface area contributed by atoms with Gasteiger partial charge in [-0.3, -0.25) is 0 Å². The van der Waals surface area contributed by atoms with E-state index < -0.39 is 0 Å². The van der Waals surface area contributed by atoms with Crippen LogP contribution in [-0.4, -0.2) is 47.7 Å². The van der Waals surface area contributed by atoms with Crippen molar-refractivity contribution in [1.29, 1.82) is 0 Å². The zero-order chi connectivity index (χ0) is 13.5.